The first-order chi connectivity index (χ1) is 7.24. The van der Waals surface area contributed by atoms with Crippen molar-refractivity contribution in [3.63, 3.8) is 0 Å². The van der Waals surface area contributed by atoms with E-state index < -0.39 is 0 Å². The second-order valence-electron chi connectivity index (χ2n) is 3.00. The van der Waals surface area contributed by atoms with Gasteiger partial charge in [-0.05, 0) is 6.92 Å². The van der Waals surface area contributed by atoms with Crippen LogP contribution in [0.1, 0.15) is 24.4 Å². The van der Waals surface area contributed by atoms with Gasteiger partial charge in [-0.15, -0.1) is 0 Å². The average molecular weight is 244 g/mol. The molecule has 0 bridgehead atoms. The van der Waals surface area contributed by atoms with Crippen LogP contribution in [0.5, 0.6) is 0 Å². The van der Waals surface area contributed by atoms with Crippen LogP contribution in [0.25, 0.3) is 0 Å². The number of aromatic nitrogens is 4. The standard InChI is InChI=1S/C8H10ClN5S/c1-2-14-8(5(9)3-11-14)7(10)6-4-12-15-13-6/h3-4,7H,2,10H2,1H3. The van der Waals surface area contributed by atoms with Crippen LogP contribution < -0.4 is 5.73 Å². The SMILES string of the molecule is CCn1ncc(Cl)c1C(N)c1cnsn1. The lowest BCUT2D eigenvalue weighted by molar-refractivity contribution is 0.597. The van der Waals surface area contributed by atoms with E-state index in [1.54, 1.807) is 17.1 Å². The summed E-state index contributed by atoms with van der Waals surface area (Å²) >= 11 is 7.16. The zero-order valence-electron chi connectivity index (χ0n) is 8.09. The van der Waals surface area contributed by atoms with E-state index in [4.69, 9.17) is 17.3 Å². The lowest BCUT2D eigenvalue weighted by atomic mass is 10.1. The molecule has 0 aliphatic heterocycles. The lowest BCUT2D eigenvalue weighted by Crippen LogP contribution is -2.17. The summed E-state index contributed by atoms with van der Waals surface area (Å²) in [5.41, 5.74) is 7.54. The summed E-state index contributed by atoms with van der Waals surface area (Å²) in [5.74, 6) is 0. The third-order valence-electron chi connectivity index (χ3n) is 2.12. The summed E-state index contributed by atoms with van der Waals surface area (Å²) in [7, 11) is 0. The molecule has 2 aromatic rings. The van der Waals surface area contributed by atoms with E-state index >= 15 is 0 Å². The molecule has 0 amide bonds. The van der Waals surface area contributed by atoms with Crippen LogP contribution in [0.15, 0.2) is 12.4 Å². The second-order valence-corrected chi connectivity index (χ2v) is 3.97. The first-order valence-corrected chi connectivity index (χ1v) is 5.59. The van der Waals surface area contributed by atoms with Crippen LogP contribution in [0.4, 0.5) is 0 Å². The fraction of sp³-hybridized carbons (Fsp3) is 0.375. The first-order valence-electron chi connectivity index (χ1n) is 4.48. The van der Waals surface area contributed by atoms with E-state index in [-0.39, 0.29) is 6.04 Å². The molecule has 7 heteroatoms. The van der Waals surface area contributed by atoms with E-state index in [1.807, 2.05) is 6.92 Å². The van der Waals surface area contributed by atoms with Crippen LogP contribution in [0, 0.1) is 0 Å². The zero-order valence-corrected chi connectivity index (χ0v) is 9.66. The molecule has 2 heterocycles. The van der Waals surface area contributed by atoms with E-state index in [1.165, 1.54) is 0 Å². The Morgan fingerprint density at radius 2 is 2.40 bits per heavy atom. The van der Waals surface area contributed by atoms with E-state index in [9.17, 15) is 0 Å². The largest absolute Gasteiger partial charge is 0.318 e. The Morgan fingerprint density at radius 3 is 3.00 bits per heavy atom. The van der Waals surface area contributed by atoms with E-state index in [0.29, 0.717) is 5.02 Å². The van der Waals surface area contributed by atoms with Gasteiger partial charge in [0, 0.05) is 6.54 Å². The van der Waals surface area contributed by atoms with Crippen molar-refractivity contribution >= 4 is 23.3 Å². The highest BCUT2D eigenvalue weighted by Gasteiger charge is 2.19. The fourth-order valence-electron chi connectivity index (χ4n) is 1.38. The number of nitrogens with two attached hydrogens (primary N) is 1. The van der Waals surface area contributed by atoms with Gasteiger partial charge in [-0.2, -0.15) is 13.8 Å². The Hall–Kier alpha value is -0.980. The van der Waals surface area contributed by atoms with Crippen molar-refractivity contribution in [3.8, 4) is 0 Å². The normalized spacial score (nSPS) is 13.0. The molecule has 1 unspecified atom stereocenters. The monoisotopic (exact) mass is 243 g/mol. The zero-order chi connectivity index (χ0) is 10.8. The maximum Gasteiger partial charge on any atom is 0.0971 e. The van der Waals surface area contributed by atoms with Gasteiger partial charge in [0.05, 0.1) is 46.6 Å². The van der Waals surface area contributed by atoms with E-state index in [0.717, 1.165) is 29.7 Å². The molecule has 15 heavy (non-hydrogen) atoms. The van der Waals surface area contributed by atoms with Gasteiger partial charge in [0.2, 0.25) is 0 Å². The van der Waals surface area contributed by atoms with Crippen molar-refractivity contribution in [1.29, 1.82) is 0 Å². The summed E-state index contributed by atoms with van der Waals surface area (Å²) in [5, 5.41) is 4.69. The third kappa shape index (κ3) is 1.88. The summed E-state index contributed by atoms with van der Waals surface area (Å²) in [4.78, 5) is 0. The van der Waals surface area contributed by atoms with Crippen LogP contribution in [0.3, 0.4) is 0 Å². The Kier molecular flexibility index (Phi) is 2.99. The summed E-state index contributed by atoms with van der Waals surface area (Å²) in [6.45, 7) is 2.71. The van der Waals surface area contributed by atoms with Gasteiger partial charge in [0.15, 0.2) is 0 Å². The molecule has 0 fully saturated rings. The van der Waals surface area contributed by atoms with Gasteiger partial charge in [0.25, 0.3) is 0 Å². The van der Waals surface area contributed by atoms with Crippen molar-refractivity contribution in [2.75, 3.05) is 0 Å². The lowest BCUT2D eigenvalue weighted by Gasteiger charge is -2.11. The third-order valence-corrected chi connectivity index (χ3v) is 2.91. The van der Waals surface area contributed by atoms with Crippen molar-refractivity contribution in [2.24, 2.45) is 5.73 Å². The molecular weight excluding hydrogens is 234 g/mol. The molecule has 0 radical (unpaired) electrons. The maximum atomic E-state index is 6.04. The molecule has 0 aliphatic carbocycles. The predicted molar refractivity (Wildman–Crippen MR) is 58.9 cm³/mol. The summed E-state index contributed by atoms with van der Waals surface area (Å²) < 4.78 is 9.78. The number of nitrogens with zero attached hydrogens (tertiary/aromatic N) is 4. The molecule has 0 aromatic carbocycles. The molecule has 0 spiro atoms. The number of rotatable bonds is 3. The van der Waals surface area contributed by atoms with Crippen molar-refractivity contribution in [3.05, 3.63) is 28.8 Å². The van der Waals surface area contributed by atoms with Gasteiger partial charge in [0.1, 0.15) is 0 Å². The highest BCUT2D eigenvalue weighted by Crippen LogP contribution is 2.25. The number of halogens is 1. The Bertz CT molecular complexity index is 438. The van der Waals surface area contributed by atoms with Crippen molar-refractivity contribution < 1.29 is 0 Å². The van der Waals surface area contributed by atoms with Gasteiger partial charge < -0.3 is 5.73 Å². The van der Waals surface area contributed by atoms with Crippen molar-refractivity contribution in [1.82, 2.24) is 18.5 Å². The second kappa shape index (κ2) is 4.26. The minimum Gasteiger partial charge on any atom is -0.318 e. The molecule has 0 saturated carbocycles. The van der Waals surface area contributed by atoms with Gasteiger partial charge in [-0.1, -0.05) is 11.6 Å². The van der Waals surface area contributed by atoms with Crippen molar-refractivity contribution in [2.45, 2.75) is 19.5 Å². The fourth-order valence-corrected chi connectivity index (χ4v) is 2.10. The molecule has 1 atom stereocenters. The molecule has 5 nitrogen and oxygen atoms in total. The van der Waals surface area contributed by atoms with E-state index in [2.05, 4.69) is 13.8 Å². The van der Waals surface area contributed by atoms with Crippen LogP contribution in [0.2, 0.25) is 5.02 Å². The molecular formula is C8H10ClN5S. The molecule has 2 rings (SSSR count). The number of hydrogen-bond donors (Lipinski definition) is 1. The Morgan fingerprint density at radius 1 is 1.60 bits per heavy atom. The first kappa shape index (κ1) is 10.5. The maximum absolute atomic E-state index is 6.04. The van der Waals surface area contributed by atoms with Gasteiger partial charge >= 0.3 is 0 Å². The summed E-state index contributed by atoms with van der Waals surface area (Å²) in [6, 6.07) is -0.362. The minimum absolute atomic E-state index is 0.362. The topological polar surface area (TPSA) is 69.6 Å². The van der Waals surface area contributed by atoms with Crippen LogP contribution in [-0.2, 0) is 6.54 Å². The van der Waals surface area contributed by atoms with Crippen LogP contribution >= 0.6 is 23.3 Å². The quantitative estimate of drug-likeness (QED) is 0.886. The predicted octanol–water partition coefficient (Wildman–Crippen LogP) is 1.46. The number of hydrogen-bond acceptors (Lipinski definition) is 5. The highest BCUT2D eigenvalue weighted by atomic mass is 35.5. The highest BCUT2D eigenvalue weighted by molar-refractivity contribution is 6.99. The number of aryl methyl sites for hydroxylation is 1. The average Bonchev–Trinajstić information content (AvgIpc) is 2.85. The minimum atomic E-state index is -0.362. The smallest absolute Gasteiger partial charge is 0.0971 e. The van der Waals surface area contributed by atoms with Crippen LogP contribution in [-0.4, -0.2) is 18.5 Å². The molecule has 2 N–H and O–H groups in total. The molecule has 2 aromatic heterocycles. The Balaban J connectivity index is 2.40. The Labute approximate surface area is 96.2 Å². The van der Waals surface area contributed by atoms with Gasteiger partial charge in [-0.3, -0.25) is 4.68 Å². The molecule has 0 aliphatic rings. The molecule has 80 valence electrons. The van der Waals surface area contributed by atoms with Gasteiger partial charge in [-0.25, -0.2) is 0 Å². The summed E-state index contributed by atoms with van der Waals surface area (Å²) in [6.07, 6.45) is 3.25. The molecule has 0 saturated heterocycles.